The Kier molecular flexibility index (Phi) is 5.08. The van der Waals surface area contributed by atoms with Gasteiger partial charge in [-0.3, -0.25) is 4.79 Å². The van der Waals surface area contributed by atoms with Crippen molar-refractivity contribution >= 4 is 23.1 Å². The van der Waals surface area contributed by atoms with Crippen LogP contribution in [0.2, 0.25) is 0 Å². The molecule has 150 valence electrons. The molecule has 4 nitrogen and oxygen atoms in total. The summed E-state index contributed by atoms with van der Waals surface area (Å²) < 4.78 is 33.6. The molecule has 7 heteroatoms. The van der Waals surface area contributed by atoms with Gasteiger partial charge in [0.05, 0.1) is 18.6 Å². The van der Waals surface area contributed by atoms with Gasteiger partial charge in [0.25, 0.3) is 0 Å². The van der Waals surface area contributed by atoms with Crippen molar-refractivity contribution in [2.75, 3.05) is 7.11 Å². The van der Waals surface area contributed by atoms with Crippen LogP contribution in [0.25, 0.3) is 0 Å². The molecule has 4 rings (SSSR count). The quantitative estimate of drug-likeness (QED) is 0.747. The second-order valence-electron chi connectivity index (χ2n) is 7.19. The number of hydrogen-bond donors (Lipinski definition) is 1. The molecule has 1 aliphatic carbocycles. The molecule has 2 aliphatic rings. The number of carbonyl (C=O) groups is 2. The van der Waals surface area contributed by atoms with Crippen LogP contribution in [0.5, 0.6) is 0 Å². The highest BCUT2D eigenvalue weighted by Crippen LogP contribution is 2.46. The number of Topliss-reactive ketones (excluding diaryl/α,β-unsaturated/α-hetero) is 1. The number of rotatable bonds is 3. The first-order valence-electron chi connectivity index (χ1n) is 9.21. The molecule has 0 radical (unpaired) electrons. The first-order valence-corrected chi connectivity index (χ1v) is 10.1. The molecule has 2 heterocycles. The Labute approximate surface area is 170 Å². The molecule has 2 atom stereocenters. The highest BCUT2D eigenvalue weighted by atomic mass is 32.1. The topological polar surface area (TPSA) is 55.4 Å². The van der Waals surface area contributed by atoms with E-state index in [1.54, 1.807) is 18.3 Å². The van der Waals surface area contributed by atoms with Crippen LogP contribution in [-0.4, -0.2) is 18.9 Å². The van der Waals surface area contributed by atoms with Gasteiger partial charge in [0, 0.05) is 39.7 Å². The van der Waals surface area contributed by atoms with Crippen LogP contribution in [0.3, 0.4) is 0 Å². The van der Waals surface area contributed by atoms with Crippen LogP contribution in [0.15, 0.2) is 58.3 Å². The van der Waals surface area contributed by atoms with Gasteiger partial charge < -0.3 is 10.1 Å². The number of ether oxygens (including phenoxy) is 1. The Hall–Kier alpha value is -2.80. The maximum atomic E-state index is 14.7. The van der Waals surface area contributed by atoms with Crippen LogP contribution < -0.4 is 5.32 Å². The van der Waals surface area contributed by atoms with Gasteiger partial charge in [-0.15, -0.1) is 11.3 Å². The molecule has 0 amide bonds. The molecule has 1 aromatic heterocycles. The number of ketones is 1. The smallest absolute Gasteiger partial charge is 0.336 e. The molecule has 1 N–H and O–H groups in total. The monoisotopic (exact) mass is 415 g/mol. The van der Waals surface area contributed by atoms with Gasteiger partial charge in [0.15, 0.2) is 5.78 Å². The van der Waals surface area contributed by atoms with Gasteiger partial charge in [-0.25, -0.2) is 13.6 Å². The first kappa shape index (κ1) is 19.5. The fourth-order valence-corrected chi connectivity index (χ4v) is 5.02. The summed E-state index contributed by atoms with van der Waals surface area (Å²) in [4.78, 5) is 26.8. The van der Waals surface area contributed by atoms with Gasteiger partial charge >= 0.3 is 5.97 Å². The molecule has 1 aliphatic heterocycles. The third-order valence-electron chi connectivity index (χ3n) is 5.45. The number of carbonyl (C=O) groups excluding carboxylic acids is 2. The van der Waals surface area contributed by atoms with Crippen molar-refractivity contribution in [1.82, 2.24) is 5.32 Å². The number of halogens is 2. The van der Waals surface area contributed by atoms with E-state index in [2.05, 4.69) is 5.32 Å². The van der Waals surface area contributed by atoms with Crippen LogP contribution in [0.4, 0.5) is 8.78 Å². The van der Waals surface area contributed by atoms with E-state index >= 15 is 0 Å². The van der Waals surface area contributed by atoms with E-state index < -0.39 is 23.5 Å². The summed E-state index contributed by atoms with van der Waals surface area (Å²) >= 11 is 1.58. The van der Waals surface area contributed by atoms with Crippen LogP contribution in [0, 0.1) is 11.6 Å². The fourth-order valence-electron chi connectivity index (χ4n) is 4.19. The lowest BCUT2D eigenvalue weighted by atomic mass is 9.72. The lowest BCUT2D eigenvalue weighted by molar-refractivity contribution is -0.136. The van der Waals surface area contributed by atoms with Crippen molar-refractivity contribution in [2.45, 2.75) is 31.6 Å². The Morgan fingerprint density at radius 2 is 2.03 bits per heavy atom. The summed E-state index contributed by atoms with van der Waals surface area (Å²) in [6.45, 7) is 1.68. The zero-order chi connectivity index (χ0) is 20.7. The number of dihydropyridines is 1. The predicted molar refractivity (Wildman–Crippen MR) is 105 cm³/mol. The molecule has 0 saturated heterocycles. The van der Waals surface area contributed by atoms with Gasteiger partial charge in [-0.1, -0.05) is 6.07 Å². The van der Waals surface area contributed by atoms with Gasteiger partial charge in [0.1, 0.15) is 11.6 Å². The zero-order valence-corrected chi connectivity index (χ0v) is 16.7. The third-order valence-corrected chi connectivity index (χ3v) is 6.48. The van der Waals surface area contributed by atoms with E-state index in [0.29, 0.717) is 23.4 Å². The third kappa shape index (κ3) is 3.40. The van der Waals surface area contributed by atoms with Crippen LogP contribution >= 0.6 is 11.3 Å². The number of methoxy groups -OCH3 is 1. The van der Waals surface area contributed by atoms with E-state index in [9.17, 15) is 18.4 Å². The molecule has 0 saturated carbocycles. The molecule has 29 heavy (non-hydrogen) atoms. The number of hydrogen-bond acceptors (Lipinski definition) is 5. The lowest BCUT2D eigenvalue weighted by Crippen LogP contribution is -2.36. The molecule has 0 fully saturated rings. The maximum absolute atomic E-state index is 14.7. The number of allylic oxidation sites excluding steroid dienone is 3. The van der Waals surface area contributed by atoms with Crippen molar-refractivity contribution < 1.29 is 23.1 Å². The SMILES string of the molecule is COC(=O)C1=C(C)NC2=C(C(=O)C[C@H](c3cccs3)C2)[C@@H]1c1cc(F)ccc1F. The van der Waals surface area contributed by atoms with E-state index in [1.807, 2.05) is 17.5 Å². The number of benzene rings is 1. The minimum atomic E-state index is -1.01. The second kappa shape index (κ2) is 7.55. The summed E-state index contributed by atoms with van der Waals surface area (Å²) in [6.07, 6.45) is 0.808. The van der Waals surface area contributed by atoms with Gasteiger partial charge in [-0.05, 0) is 43.0 Å². The van der Waals surface area contributed by atoms with Crippen molar-refractivity contribution in [2.24, 2.45) is 0 Å². The molecule has 0 unspecified atom stereocenters. The van der Waals surface area contributed by atoms with Crippen LogP contribution in [-0.2, 0) is 14.3 Å². The normalized spacial score (nSPS) is 21.7. The Balaban J connectivity index is 1.87. The van der Waals surface area contributed by atoms with E-state index in [4.69, 9.17) is 4.74 Å². The molecular formula is C22H19F2NO3S. The van der Waals surface area contributed by atoms with Crippen molar-refractivity contribution in [3.8, 4) is 0 Å². The molecule has 2 aromatic rings. The fraction of sp³-hybridized carbons (Fsp3) is 0.273. The minimum absolute atomic E-state index is 0.0132. The summed E-state index contributed by atoms with van der Waals surface area (Å²) in [6, 6.07) is 7.00. The number of esters is 1. The molecule has 1 aromatic carbocycles. The van der Waals surface area contributed by atoms with E-state index in [1.165, 1.54) is 7.11 Å². The summed E-state index contributed by atoms with van der Waals surface area (Å²) in [5.41, 5.74) is 1.52. The molecule has 0 spiro atoms. The Morgan fingerprint density at radius 3 is 2.72 bits per heavy atom. The van der Waals surface area contributed by atoms with Crippen LogP contribution in [0.1, 0.15) is 42.0 Å². The predicted octanol–water partition coefficient (Wildman–Crippen LogP) is 4.56. The van der Waals surface area contributed by atoms with E-state index in [0.717, 1.165) is 23.1 Å². The zero-order valence-electron chi connectivity index (χ0n) is 15.9. The molecule has 0 bridgehead atoms. The summed E-state index contributed by atoms with van der Waals surface area (Å²) in [5.74, 6) is -3.16. The minimum Gasteiger partial charge on any atom is -0.466 e. The number of nitrogens with one attached hydrogen (secondary N) is 1. The van der Waals surface area contributed by atoms with Gasteiger partial charge in [-0.2, -0.15) is 0 Å². The highest BCUT2D eigenvalue weighted by molar-refractivity contribution is 7.10. The second-order valence-corrected chi connectivity index (χ2v) is 8.17. The molecular weight excluding hydrogens is 396 g/mol. The largest absolute Gasteiger partial charge is 0.466 e. The highest BCUT2D eigenvalue weighted by Gasteiger charge is 2.42. The average molecular weight is 415 g/mol. The average Bonchev–Trinajstić information content (AvgIpc) is 3.23. The maximum Gasteiger partial charge on any atom is 0.336 e. The Bertz CT molecular complexity index is 1060. The summed E-state index contributed by atoms with van der Waals surface area (Å²) in [5, 5.41) is 5.13. The first-order chi connectivity index (χ1) is 13.9. The van der Waals surface area contributed by atoms with E-state index in [-0.39, 0.29) is 29.3 Å². The van der Waals surface area contributed by atoms with Crippen molar-refractivity contribution in [3.05, 3.63) is 80.3 Å². The van der Waals surface area contributed by atoms with Gasteiger partial charge in [0.2, 0.25) is 0 Å². The number of thiophene rings is 1. The van der Waals surface area contributed by atoms with Crippen molar-refractivity contribution in [3.63, 3.8) is 0 Å². The lowest BCUT2D eigenvalue weighted by Gasteiger charge is -2.36. The standard InChI is InChI=1S/C22H19F2NO3S/c1-11-19(22(27)28-2)20(14-10-13(23)5-6-15(14)24)21-16(25-11)8-12(9-17(21)26)18-4-3-7-29-18/h3-7,10,12,20,25H,8-9H2,1-2H3/t12-,20-/m1/s1. The summed E-state index contributed by atoms with van der Waals surface area (Å²) in [7, 11) is 1.22. The van der Waals surface area contributed by atoms with Crippen molar-refractivity contribution in [1.29, 1.82) is 0 Å². The Morgan fingerprint density at radius 1 is 1.24 bits per heavy atom.